The maximum Gasteiger partial charge on any atom is 0.172 e. The zero-order valence-corrected chi connectivity index (χ0v) is 16.5. The molecule has 0 bridgehead atoms. The van der Waals surface area contributed by atoms with Gasteiger partial charge in [0.1, 0.15) is 5.82 Å². The Labute approximate surface area is 167 Å². The van der Waals surface area contributed by atoms with Crippen molar-refractivity contribution < 1.29 is 4.52 Å². The first-order chi connectivity index (χ1) is 13.8. The lowest BCUT2D eigenvalue weighted by Crippen LogP contribution is -2.46. The van der Waals surface area contributed by atoms with Gasteiger partial charge < -0.3 is 9.42 Å². The highest BCUT2D eigenvalue weighted by Crippen LogP contribution is 2.30. The molecule has 1 aliphatic heterocycles. The summed E-state index contributed by atoms with van der Waals surface area (Å²) in [5.74, 6) is 2.77. The van der Waals surface area contributed by atoms with E-state index in [0.29, 0.717) is 0 Å². The van der Waals surface area contributed by atoms with E-state index >= 15 is 0 Å². The lowest BCUT2D eigenvalue weighted by atomic mass is 10.2. The Morgan fingerprint density at radius 3 is 2.64 bits per heavy atom. The molecule has 0 saturated carbocycles. The molecule has 4 heterocycles. The first-order valence-corrected chi connectivity index (χ1v) is 10.3. The zero-order chi connectivity index (χ0) is 18.9. The normalized spacial score (nSPS) is 15.4. The number of aryl methyl sites for hydroxylation is 1. The minimum Gasteiger partial charge on any atom is -0.360 e. The molecule has 0 amide bonds. The number of benzene rings is 1. The first-order valence-electron chi connectivity index (χ1n) is 9.46. The van der Waals surface area contributed by atoms with Crippen LogP contribution in [-0.2, 0) is 6.54 Å². The van der Waals surface area contributed by atoms with Gasteiger partial charge in [-0.1, -0.05) is 23.4 Å². The second-order valence-electron chi connectivity index (χ2n) is 7.06. The van der Waals surface area contributed by atoms with Crippen LogP contribution >= 0.6 is 11.3 Å². The number of rotatable bonds is 4. The Morgan fingerprint density at radius 1 is 1.04 bits per heavy atom. The smallest absolute Gasteiger partial charge is 0.172 e. The SMILES string of the molecule is Cc1cc(CN2CCN(c3nc(-c4cccs4)nc4ccccc34)CC2)on1. The van der Waals surface area contributed by atoms with Crippen molar-refractivity contribution in [2.45, 2.75) is 13.5 Å². The summed E-state index contributed by atoms with van der Waals surface area (Å²) in [5.41, 5.74) is 1.93. The maximum atomic E-state index is 5.37. The number of para-hydroxylation sites is 1. The van der Waals surface area contributed by atoms with E-state index in [9.17, 15) is 0 Å². The molecule has 0 unspecified atom stereocenters. The third-order valence-corrected chi connectivity index (χ3v) is 5.92. The molecule has 1 saturated heterocycles. The Kier molecular flexibility index (Phi) is 4.54. The van der Waals surface area contributed by atoms with Crippen molar-refractivity contribution in [1.29, 1.82) is 0 Å². The number of nitrogens with zero attached hydrogens (tertiary/aromatic N) is 5. The number of fused-ring (bicyclic) bond motifs is 1. The van der Waals surface area contributed by atoms with Gasteiger partial charge in [0.2, 0.25) is 0 Å². The highest BCUT2D eigenvalue weighted by molar-refractivity contribution is 7.13. The van der Waals surface area contributed by atoms with E-state index in [0.717, 1.165) is 71.6 Å². The molecule has 1 aliphatic rings. The van der Waals surface area contributed by atoms with Gasteiger partial charge in [0.25, 0.3) is 0 Å². The van der Waals surface area contributed by atoms with Crippen LogP contribution in [0.1, 0.15) is 11.5 Å². The molecular formula is C21H21N5OS. The van der Waals surface area contributed by atoms with Crippen molar-refractivity contribution in [2.24, 2.45) is 0 Å². The number of thiophene rings is 1. The van der Waals surface area contributed by atoms with E-state index < -0.39 is 0 Å². The summed E-state index contributed by atoms with van der Waals surface area (Å²) < 4.78 is 5.37. The van der Waals surface area contributed by atoms with Crippen LogP contribution in [0.5, 0.6) is 0 Å². The molecule has 0 atom stereocenters. The highest BCUT2D eigenvalue weighted by Gasteiger charge is 2.22. The zero-order valence-electron chi connectivity index (χ0n) is 15.7. The maximum absolute atomic E-state index is 5.37. The Bertz CT molecular complexity index is 1080. The van der Waals surface area contributed by atoms with Crippen molar-refractivity contribution in [2.75, 3.05) is 31.1 Å². The van der Waals surface area contributed by atoms with Crippen LogP contribution in [-0.4, -0.2) is 46.2 Å². The Balaban J connectivity index is 1.40. The Morgan fingerprint density at radius 2 is 1.89 bits per heavy atom. The van der Waals surface area contributed by atoms with Gasteiger partial charge in [0.05, 0.1) is 22.6 Å². The van der Waals surface area contributed by atoms with Crippen molar-refractivity contribution in [3.63, 3.8) is 0 Å². The topological polar surface area (TPSA) is 58.3 Å². The fraction of sp³-hybridized carbons (Fsp3) is 0.286. The minimum atomic E-state index is 0.805. The molecule has 0 N–H and O–H groups in total. The number of hydrogen-bond donors (Lipinski definition) is 0. The van der Waals surface area contributed by atoms with Gasteiger partial charge in [-0.15, -0.1) is 11.3 Å². The first kappa shape index (κ1) is 17.3. The average Bonchev–Trinajstić information content (AvgIpc) is 3.40. The van der Waals surface area contributed by atoms with E-state index in [1.165, 1.54) is 0 Å². The van der Waals surface area contributed by atoms with Crippen LogP contribution < -0.4 is 4.90 Å². The molecule has 6 nitrogen and oxygen atoms in total. The summed E-state index contributed by atoms with van der Waals surface area (Å²) in [5, 5.41) is 7.16. The van der Waals surface area contributed by atoms with Gasteiger partial charge >= 0.3 is 0 Å². The summed E-state index contributed by atoms with van der Waals surface area (Å²) in [6, 6.07) is 14.4. The molecular weight excluding hydrogens is 370 g/mol. The summed E-state index contributed by atoms with van der Waals surface area (Å²) in [7, 11) is 0. The van der Waals surface area contributed by atoms with E-state index in [1.54, 1.807) is 11.3 Å². The van der Waals surface area contributed by atoms with Crippen LogP contribution in [0.3, 0.4) is 0 Å². The second-order valence-corrected chi connectivity index (χ2v) is 8.01. The van der Waals surface area contributed by atoms with Gasteiger partial charge in [-0.2, -0.15) is 0 Å². The predicted octanol–water partition coefficient (Wildman–Crippen LogP) is 3.98. The monoisotopic (exact) mass is 391 g/mol. The van der Waals surface area contributed by atoms with Crippen molar-refractivity contribution in [1.82, 2.24) is 20.0 Å². The number of anilines is 1. The number of hydrogen-bond acceptors (Lipinski definition) is 7. The fourth-order valence-electron chi connectivity index (χ4n) is 3.65. The fourth-order valence-corrected chi connectivity index (χ4v) is 4.30. The van der Waals surface area contributed by atoms with Crippen molar-refractivity contribution >= 4 is 28.1 Å². The van der Waals surface area contributed by atoms with Gasteiger partial charge in [-0.05, 0) is 30.5 Å². The molecule has 0 spiro atoms. The summed E-state index contributed by atoms with van der Waals surface area (Å²) >= 11 is 1.68. The second kappa shape index (κ2) is 7.33. The van der Waals surface area contributed by atoms with Gasteiger partial charge in [-0.3, -0.25) is 4.90 Å². The third-order valence-electron chi connectivity index (χ3n) is 5.05. The summed E-state index contributed by atoms with van der Waals surface area (Å²) in [6.45, 7) is 6.55. The molecule has 4 aromatic rings. The molecule has 0 aliphatic carbocycles. The molecule has 3 aromatic heterocycles. The molecule has 0 radical (unpaired) electrons. The van der Waals surface area contributed by atoms with Gasteiger partial charge in [0.15, 0.2) is 11.6 Å². The molecule has 142 valence electrons. The lowest BCUT2D eigenvalue weighted by molar-refractivity contribution is 0.219. The number of piperazine rings is 1. The molecule has 1 fully saturated rings. The van der Waals surface area contributed by atoms with Crippen LogP contribution in [0.15, 0.2) is 52.4 Å². The van der Waals surface area contributed by atoms with E-state index in [1.807, 2.05) is 25.1 Å². The number of aromatic nitrogens is 3. The quantitative estimate of drug-likeness (QED) is 0.525. The van der Waals surface area contributed by atoms with Crippen LogP contribution in [0.25, 0.3) is 21.6 Å². The Hall–Kier alpha value is -2.77. The van der Waals surface area contributed by atoms with Crippen LogP contribution in [0.4, 0.5) is 5.82 Å². The minimum absolute atomic E-state index is 0.805. The van der Waals surface area contributed by atoms with Gasteiger partial charge in [0, 0.05) is 37.6 Å². The molecule has 1 aromatic carbocycles. The average molecular weight is 392 g/mol. The largest absolute Gasteiger partial charge is 0.360 e. The van der Waals surface area contributed by atoms with Gasteiger partial charge in [-0.25, -0.2) is 9.97 Å². The van der Waals surface area contributed by atoms with Crippen molar-refractivity contribution in [3.05, 3.63) is 59.3 Å². The van der Waals surface area contributed by atoms with E-state index in [2.05, 4.69) is 44.6 Å². The highest BCUT2D eigenvalue weighted by atomic mass is 32.1. The standard InChI is InChI=1S/C21H21N5OS/c1-15-13-16(27-24-15)14-25-8-10-26(11-9-25)21-17-5-2-3-6-18(17)22-20(23-21)19-7-4-12-28-19/h2-7,12-13H,8-11,14H2,1H3. The predicted molar refractivity (Wildman–Crippen MR) is 112 cm³/mol. The van der Waals surface area contributed by atoms with Crippen molar-refractivity contribution in [3.8, 4) is 10.7 Å². The van der Waals surface area contributed by atoms with E-state index in [4.69, 9.17) is 14.5 Å². The van der Waals surface area contributed by atoms with Crippen LogP contribution in [0, 0.1) is 6.92 Å². The van der Waals surface area contributed by atoms with Crippen LogP contribution in [0.2, 0.25) is 0 Å². The third kappa shape index (κ3) is 3.39. The summed E-state index contributed by atoms with van der Waals surface area (Å²) in [6.07, 6.45) is 0. The molecule has 7 heteroatoms. The summed E-state index contributed by atoms with van der Waals surface area (Å²) in [4.78, 5) is 15.6. The van der Waals surface area contributed by atoms with E-state index in [-0.39, 0.29) is 0 Å². The molecule has 28 heavy (non-hydrogen) atoms. The lowest BCUT2D eigenvalue weighted by Gasteiger charge is -2.35. The molecule has 5 rings (SSSR count).